The molecular formula is C78H102ClIN6. The van der Waals surface area contributed by atoms with Crippen LogP contribution in [0.4, 0.5) is 22.7 Å². The van der Waals surface area contributed by atoms with E-state index in [2.05, 4.69) is 339 Å². The van der Waals surface area contributed by atoms with Crippen LogP contribution in [0.25, 0.3) is 11.4 Å². The summed E-state index contributed by atoms with van der Waals surface area (Å²) < 4.78 is 5.84. The molecular weight excluding hydrogens is 1180 g/mol. The largest absolute Gasteiger partial charge is 1.00 e. The molecule has 10 rings (SSSR count). The minimum Gasteiger partial charge on any atom is -1.00 e. The zero-order chi connectivity index (χ0) is 62.5. The van der Waals surface area contributed by atoms with Crippen LogP contribution >= 0.6 is 22.6 Å². The first-order valence-electron chi connectivity index (χ1n) is 31.2. The maximum atomic E-state index is 2.53. The van der Waals surface area contributed by atoms with E-state index in [1.165, 1.54) is 143 Å². The maximum Gasteiger partial charge on any atom is 0.254 e. The topological polar surface area (TPSA) is 21.8 Å². The molecule has 1 saturated heterocycles. The Balaban J connectivity index is 0.000000191. The van der Waals surface area contributed by atoms with Gasteiger partial charge in [0.15, 0.2) is 0 Å². The summed E-state index contributed by atoms with van der Waals surface area (Å²) in [6.07, 6.45) is 11.0. The molecule has 458 valence electrons. The lowest BCUT2D eigenvalue weighted by Crippen LogP contribution is -3.00. The number of hydrogen-bond donors (Lipinski definition) is 0. The standard InChI is InChI=1S/C27H38N2.C21H28N2.C21H25N2.C9H11I.ClH/c1-18(2)22-11-9-12-23(19(3)4)26(22)28-15-16-29(17-28)27-24(20(5)6)13-10-14-25(27)21(7)8;2*1-14-9-16(3)20(17(4)10-14)22-7-8-23(13-22)21-18(5)11-15(2)12-19(21)6;1-6-4-7(2)9(10)8(3)5-6;/h9-16,18-21H,17H2,1-8H3;9-12H,7-8,13H2,1-6H3;7-13H,1-6H3;4-5H,1-3H3;1H/q;;+1;;/p-1. The van der Waals surface area contributed by atoms with E-state index in [0.717, 1.165) is 26.4 Å². The molecule has 3 heterocycles. The first kappa shape index (κ1) is 68.8. The highest BCUT2D eigenvalue weighted by Crippen LogP contribution is 2.41. The van der Waals surface area contributed by atoms with Gasteiger partial charge in [0.1, 0.15) is 23.8 Å². The molecule has 0 spiro atoms. The highest BCUT2D eigenvalue weighted by atomic mass is 127. The first-order chi connectivity index (χ1) is 40.1. The molecule has 1 fully saturated rings. The number of aromatic nitrogens is 2. The average molecular weight is 1290 g/mol. The maximum absolute atomic E-state index is 2.53. The zero-order valence-electron chi connectivity index (χ0n) is 56.7. The van der Waals surface area contributed by atoms with Crippen molar-refractivity contribution in [2.45, 2.75) is 183 Å². The Morgan fingerprint density at radius 3 is 0.977 bits per heavy atom. The highest BCUT2D eigenvalue weighted by molar-refractivity contribution is 14.1. The number of benzene rings is 7. The predicted molar refractivity (Wildman–Crippen MR) is 378 cm³/mol. The Morgan fingerprint density at radius 2 is 0.663 bits per heavy atom. The Morgan fingerprint density at radius 1 is 0.372 bits per heavy atom. The zero-order valence-corrected chi connectivity index (χ0v) is 59.6. The average Bonchev–Trinajstić information content (AvgIpc) is 3.74. The van der Waals surface area contributed by atoms with Crippen molar-refractivity contribution in [2.24, 2.45) is 0 Å². The number of imidazole rings is 1. The molecule has 86 heavy (non-hydrogen) atoms. The van der Waals surface area contributed by atoms with Gasteiger partial charge in [-0.05, 0) is 228 Å². The number of rotatable bonds is 10. The molecule has 2 aliphatic heterocycles. The summed E-state index contributed by atoms with van der Waals surface area (Å²) in [5.74, 6) is 2.00. The van der Waals surface area contributed by atoms with Crippen molar-refractivity contribution in [3.05, 3.63) is 237 Å². The fourth-order valence-electron chi connectivity index (χ4n) is 13.6. The molecule has 0 aliphatic carbocycles. The summed E-state index contributed by atoms with van der Waals surface area (Å²) in [4.78, 5) is 9.96. The van der Waals surface area contributed by atoms with Gasteiger partial charge in [0, 0.05) is 51.8 Å². The number of hydrogen-bond acceptors (Lipinski definition) is 4. The third kappa shape index (κ3) is 16.1. The van der Waals surface area contributed by atoms with Crippen molar-refractivity contribution in [3.8, 4) is 11.4 Å². The van der Waals surface area contributed by atoms with Crippen LogP contribution in [0.3, 0.4) is 0 Å². The molecule has 6 nitrogen and oxygen atoms in total. The minimum absolute atomic E-state index is 0. The number of anilines is 4. The van der Waals surface area contributed by atoms with E-state index in [1.807, 2.05) is 0 Å². The Bertz CT molecular complexity index is 3310. The van der Waals surface area contributed by atoms with Crippen molar-refractivity contribution in [1.82, 2.24) is 4.57 Å². The van der Waals surface area contributed by atoms with Crippen molar-refractivity contribution in [2.75, 3.05) is 46.0 Å². The van der Waals surface area contributed by atoms with E-state index < -0.39 is 0 Å². The molecule has 1 aromatic heterocycles. The number of para-hydroxylation sites is 2. The van der Waals surface area contributed by atoms with Gasteiger partial charge < -0.3 is 32.0 Å². The molecule has 0 atom stereocenters. The van der Waals surface area contributed by atoms with Gasteiger partial charge in [0.25, 0.3) is 6.33 Å². The molecule has 0 bridgehead atoms. The van der Waals surface area contributed by atoms with E-state index in [0.29, 0.717) is 23.7 Å². The number of aryl methyl sites for hydroxylation is 15. The summed E-state index contributed by atoms with van der Waals surface area (Å²) in [6, 6.07) is 36.2. The van der Waals surface area contributed by atoms with Gasteiger partial charge in [-0.25, -0.2) is 9.13 Å². The normalized spacial score (nSPS) is 12.9. The molecule has 2 aliphatic rings. The third-order valence-electron chi connectivity index (χ3n) is 16.9. The highest BCUT2D eigenvalue weighted by Gasteiger charge is 2.28. The van der Waals surface area contributed by atoms with Crippen LogP contribution < -0.4 is 36.6 Å². The van der Waals surface area contributed by atoms with Gasteiger partial charge in [-0.2, -0.15) is 0 Å². The summed E-state index contributed by atoms with van der Waals surface area (Å²) in [7, 11) is 0. The Hall–Kier alpha value is -6.29. The van der Waals surface area contributed by atoms with Crippen LogP contribution in [0, 0.1) is 107 Å². The molecule has 0 radical (unpaired) electrons. The monoisotopic (exact) mass is 1280 g/mol. The second kappa shape index (κ2) is 29.6. The fourth-order valence-corrected chi connectivity index (χ4v) is 13.9. The summed E-state index contributed by atoms with van der Waals surface area (Å²) in [6.45, 7) is 55.2. The molecule has 0 N–H and O–H groups in total. The number of nitrogens with zero attached hydrogens (tertiary/aromatic N) is 6. The quantitative estimate of drug-likeness (QED) is 0.100. The van der Waals surface area contributed by atoms with Crippen LogP contribution in [0.1, 0.15) is 185 Å². The molecule has 0 unspecified atom stereocenters. The van der Waals surface area contributed by atoms with Gasteiger partial charge in [0.05, 0.1) is 13.3 Å². The van der Waals surface area contributed by atoms with Gasteiger partial charge in [0.2, 0.25) is 0 Å². The number of halogens is 2. The van der Waals surface area contributed by atoms with E-state index in [1.54, 1.807) is 0 Å². The third-order valence-corrected chi connectivity index (χ3v) is 18.6. The van der Waals surface area contributed by atoms with E-state index in [-0.39, 0.29) is 12.4 Å². The first-order valence-corrected chi connectivity index (χ1v) is 32.3. The van der Waals surface area contributed by atoms with Crippen LogP contribution in [0.2, 0.25) is 0 Å². The van der Waals surface area contributed by atoms with E-state index in [9.17, 15) is 0 Å². The van der Waals surface area contributed by atoms with Gasteiger partial charge in [-0.15, -0.1) is 0 Å². The molecule has 0 saturated carbocycles. The van der Waals surface area contributed by atoms with E-state index >= 15 is 0 Å². The summed E-state index contributed by atoms with van der Waals surface area (Å²) in [5, 5.41) is 0. The molecule has 8 heteroatoms. The molecule has 8 aromatic rings. The van der Waals surface area contributed by atoms with Crippen molar-refractivity contribution in [1.29, 1.82) is 0 Å². The van der Waals surface area contributed by atoms with E-state index in [4.69, 9.17) is 0 Å². The lowest BCUT2D eigenvalue weighted by Gasteiger charge is -2.31. The lowest BCUT2D eigenvalue weighted by atomic mass is 9.91. The minimum atomic E-state index is 0. The van der Waals surface area contributed by atoms with Gasteiger partial charge in [-0.3, -0.25) is 0 Å². The Labute approximate surface area is 540 Å². The Kier molecular flexibility index (Phi) is 23.7. The van der Waals surface area contributed by atoms with Crippen LogP contribution in [-0.2, 0) is 0 Å². The van der Waals surface area contributed by atoms with Gasteiger partial charge >= 0.3 is 0 Å². The fraction of sp³-hybridized carbons (Fsp3) is 0.397. The van der Waals surface area contributed by atoms with Crippen molar-refractivity contribution < 1.29 is 17.0 Å². The lowest BCUT2D eigenvalue weighted by molar-refractivity contribution is -0.595. The van der Waals surface area contributed by atoms with Crippen LogP contribution in [-0.4, -0.2) is 31.0 Å². The van der Waals surface area contributed by atoms with Gasteiger partial charge in [-0.1, -0.05) is 180 Å². The predicted octanol–water partition coefficient (Wildman–Crippen LogP) is 17.6. The molecule has 0 amide bonds. The summed E-state index contributed by atoms with van der Waals surface area (Å²) >= 11 is 2.39. The van der Waals surface area contributed by atoms with Crippen molar-refractivity contribution in [3.63, 3.8) is 0 Å². The van der Waals surface area contributed by atoms with Crippen LogP contribution in [0.5, 0.6) is 0 Å². The second-order valence-corrected chi connectivity index (χ2v) is 27.2. The van der Waals surface area contributed by atoms with Crippen LogP contribution in [0.15, 0.2) is 128 Å². The second-order valence-electron chi connectivity index (χ2n) is 26.2. The van der Waals surface area contributed by atoms with Crippen molar-refractivity contribution >= 4 is 45.3 Å². The summed E-state index contributed by atoms with van der Waals surface area (Å²) in [5.41, 5.74) is 34.2. The SMILES string of the molecule is CC(C)c1cccc(C(C)C)c1N1C=CN(c2c(C(C)C)cccc2C(C)C)C1.Cc1cc(C)c(-n2cc[n+](-c3c(C)cc(C)cc3C)c2)c(C)c1.Cc1cc(C)c(I)c(C)c1.Cc1cc(C)c(N2CCN(c3c(C)cc(C)cc3C)C2)c(C)c1.[Cl-]. The smallest absolute Gasteiger partial charge is 0.254 e. The molecule has 7 aromatic carbocycles.